The minimum absolute atomic E-state index is 0.00135. The number of pyridine rings is 1. The highest BCUT2D eigenvalue weighted by Crippen LogP contribution is 2.41. The molecule has 180 valence electrons. The minimum Gasteiger partial charge on any atom is -0.507 e. The molecule has 1 unspecified atom stereocenters. The highest BCUT2D eigenvalue weighted by molar-refractivity contribution is 7.89. The molecule has 1 saturated heterocycles. The summed E-state index contributed by atoms with van der Waals surface area (Å²) in [5.74, 6) is -2.62. The fourth-order valence-electron chi connectivity index (χ4n) is 3.84. The topological polar surface area (TPSA) is 108 Å². The maximum Gasteiger partial charge on any atom is 0.301 e. The van der Waals surface area contributed by atoms with Crippen molar-refractivity contribution in [3.05, 3.63) is 94.9 Å². The van der Waals surface area contributed by atoms with Gasteiger partial charge in [-0.3, -0.25) is 14.5 Å². The van der Waals surface area contributed by atoms with Crippen LogP contribution in [-0.4, -0.2) is 48.6 Å². The van der Waals surface area contributed by atoms with E-state index in [1.807, 2.05) is 0 Å². The summed E-state index contributed by atoms with van der Waals surface area (Å²) < 4.78 is 39.4. The Hall–Kier alpha value is -3.89. The van der Waals surface area contributed by atoms with Gasteiger partial charge in [-0.2, -0.15) is 0 Å². The van der Waals surface area contributed by atoms with E-state index in [0.29, 0.717) is 11.3 Å². The first kappa shape index (κ1) is 24.2. The van der Waals surface area contributed by atoms with E-state index in [1.165, 1.54) is 67.5 Å². The predicted octanol–water partition coefficient (Wildman–Crippen LogP) is 3.41. The lowest BCUT2D eigenvalue weighted by Gasteiger charge is -2.24. The van der Waals surface area contributed by atoms with Gasteiger partial charge >= 0.3 is 5.91 Å². The third-order valence-corrected chi connectivity index (χ3v) is 7.49. The van der Waals surface area contributed by atoms with Gasteiger partial charge in [-0.1, -0.05) is 18.2 Å². The largest absolute Gasteiger partial charge is 0.507 e. The van der Waals surface area contributed by atoms with Crippen LogP contribution in [-0.2, 0) is 19.6 Å². The molecule has 8 nitrogen and oxygen atoms in total. The van der Waals surface area contributed by atoms with Gasteiger partial charge in [0.25, 0.3) is 5.78 Å². The third-order valence-electron chi connectivity index (χ3n) is 5.66. The monoisotopic (exact) mass is 495 g/mol. The Balaban J connectivity index is 1.89. The van der Waals surface area contributed by atoms with Crippen LogP contribution in [0.1, 0.15) is 22.9 Å². The van der Waals surface area contributed by atoms with Crippen molar-refractivity contribution in [2.24, 2.45) is 0 Å². The van der Waals surface area contributed by atoms with Gasteiger partial charge in [-0.25, -0.2) is 22.1 Å². The second-order valence-electron chi connectivity index (χ2n) is 8.17. The Labute approximate surface area is 202 Å². The van der Waals surface area contributed by atoms with Crippen LogP contribution in [0, 0.1) is 12.7 Å². The van der Waals surface area contributed by atoms with Gasteiger partial charge in [0.1, 0.15) is 17.4 Å². The van der Waals surface area contributed by atoms with E-state index in [-0.39, 0.29) is 21.8 Å². The lowest BCUT2D eigenvalue weighted by atomic mass is 9.95. The number of aliphatic hydroxyl groups excluding tert-OH is 1. The molecule has 1 aliphatic heterocycles. The third kappa shape index (κ3) is 4.33. The van der Waals surface area contributed by atoms with Crippen molar-refractivity contribution in [2.45, 2.75) is 17.9 Å². The van der Waals surface area contributed by atoms with Crippen LogP contribution in [0.2, 0.25) is 0 Å². The van der Waals surface area contributed by atoms with E-state index in [4.69, 9.17) is 0 Å². The van der Waals surface area contributed by atoms with Crippen molar-refractivity contribution in [2.75, 3.05) is 19.0 Å². The average Bonchev–Trinajstić information content (AvgIpc) is 3.09. The van der Waals surface area contributed by atoms with E-state index in [1.54, 1.807) is 25.1 Å². The first-order chi connectivity index (χ1) is 16.5. The number of ketones is 1. The fraction of sp³-hybridized carbons (Fsp3) is 0.160. The number of nitrogens with zero attached hydrogens (tertiary/aromatic N) is 3. The molecule has 1 aromatic heterocycles. The number of carbonyl (C=O) groups excluding carboxylic acids is 2. The average molecular weight is 496 g/mol. The quantitative estimate of drug-likeness (QED) is 0.330. The highest BCUT2D eigenvalue weighted by Gasteiger charge is 2.47. The Bertz CT molecular complexity index is 1450. The number of aliphatic hydroxyl groups is 1. The Morgan fingerprint density at radius 3 is 2.20 bits per heavy atom. The molecule has 0 radical (unpaired) electrons. The van der Waals surface area contributed by atoms with E-state index < -0.39 is 39.3 Å². The van der Waals surface area contributed by atoms with Gasteiger partial charge in [0.15, 0.2) is 0 Å². The number of hydrogen-bond acceptors (Lipinski definition) is 6. The molecule has 1 fully saturated rings. The number of sulfonamides is 1. The number of aryl methyl sites for hydroxylation is 1. The molecule has 4 rings (SSSR count). The lowest BCUT2D eigenvalue weighted by Crippen LogP contribution is -2.30. The number of benzene rings is 2. The second kappa shape index (κ2) is 9.05. The van der Waals surface area contributed by atoms with Crippen LogP contribution in [0.15, 0.2) is 77.2 Å². The fourth-order valence-corrected chi connectivity index (χ4v) is 4.74. The van der Waals surface area contributed by atoms with E-state index >= 15 is 0 Å². The van der Waals surface area contributed by atoms with Crippen LogP contribution in [0.25, 0.3) is 5.76 Å². The van der Waals surface area contributed by atoms with Crippen molar-refractivity contribution < 1.29 is 27.5 Å². The molecule has 0 saturated carbocycles. The summed E-state index contributed by atoms with van der Waals surface area (Å²) in [6, 6.07) is 14.5. The maximum atomic E-state index is 13.6. The molecule has 2 heterocycles. The SMILES string of the molecule is Cc1cccc(N2C(=O)C(=O)/C(=C(\O)c3ccc(S(=O)(=O)N(C)C)cc3)C2c2ccc(F)cc2)n1. The molecular formula is C25H22FN3O5S. The lowest BCUT2D eigenvalue weighted by molar-refractivity contribution is -0.132. The predicted molar refractivity (Wildman–Crippen MR) is 127 cm³/mol. The van der Waals surface area contributed by atoms with Gasteiger partial charge in [0.05, 0.1) is 16.5 Å². The number of halogens is 1. The minimum atomic E-state index is -3.70. The van der Waals surface area contributed by atoms with Gasteiger partial charge < -0.3 is 5.11 Å². The molecule has 35 heavy (non-hydrogen) atoms. The highest BCUT2D eigenvalue weighted by atomic mass is 32.2. The number of anilines is 1. The first-order valence-electron chi connectivity index (χ1n) is 10.6. The summed E-state index contributed by atoms with van der Waals surface area (Å²) in [4.78, 5) is 31.8. The Kier molecular flexibility index (Phi) is 6.27. The zero-order chi connectivity index (χ0) is 25.5. The van der Waals surface area contributed by atoms with E-state index in [0.717, 1.165) is 4.31 Å². The summed E-state index contributed by atoms with van der Waals surface area (Å²) in [6.07, 6.45) is 0. The summed E-state index contributed by atoms with van der Waals surface area (Å²) in [5, 5.41) is 11.1. The number of aromatic nitrogens is 1. The summed E-state index contributed by atoms with van der Waals surface area (Å²) in [7, 11) is -0.911. The van der Waals surface area contributed by atoms with Crippen LogP contribution in [0.5, 0.6) is 0 Å². The number of rotatable bonds is 5. The van der Waals surface area contributed by atoms with E-state index in [2.05, 4.69) is 4.98 Å². The molecule has 0 spiro atoms. The number of amides is 1. The number of carbonyl (C=O) groups is 2. The second-order valence-corrected chi connectivity index (χ2v) is 10.3. The van der Waals surface area contributed by atoms with Crippen LogP contribution < -0.4 is 4.90 Å². The Morgan fingerprint density at radius 2 is 1.63 bits per heavy atom. The van der Waals surface area contributed by atoms with E-state index in [9.17, 15) is 27.5 Å². The molecule has 0 aliphatic carbocycles. The molecule has 1 aliphatic rings. The Morgan fingerprint density at radius 1 is 1.00 bits per heavy atom. The van der Waals surface area contributed by atoms with Gasteiger partial charge in [0.2, 0.25) is 10.0 Å². The van der Waals surface area contributed by atoms with Gasteiger partial charge in [0, 0.05) is 25.4 Å². The standard InChI is InChI=1S/C25H22FN3O5S/c1-15-5-4-6-20(27-15)29-22(16-7-11-18(26)12-8-16)21(24(31)25(29)32)23(30)17-9-13-19(14-10-17)35(33,34)28(2)3/h4-14,22,30H,1-3H3/b23-21-. The molecule has 0 bridgehead atoms. The molecule has 1 amide bonds. The molecule has 1 N–H and O–H groups in total. The van der Waals surface area contributed by atoms with Crippen molar-refractivity contribution >= 4 is 33.3 Å². The molecule has 2 aromatic carbocycles. The molecule has 3 aromatic rings. The summed E-state index contributed by atoms with van der Waals surface area (Å²) >= 11 is 0. The maximum absolute atomic E-state index is 13.6. The summed E-state index contributed by atoms with van der Waals surface area (Å²) in [6.45, 7) is 1.73. The first-order valence-corrected chi connectivity index (χ1v) is 12.0. The van der Waals surface area contributed by atoms with Crippen LogP contribution >= 0.6 is 0 Å². The zero-order valence-corrected chi connectivity index (χ0v) is 20.0. The molecular weight excluding hydrogens is 473 g/mol. The van der Waals surface area contributed by atoms with Crippen molar-refractivity contribution in [3.63, 3.8) is 0 Å². The van der Waals surface area contributed by atoms with Crippen molar-refractivity contribution in [1.29, 1.82) is 0 Å². The summed E-state index contributed by atoms with van der Waals surface area (Å²) in [5.41, 5.74) is 0.931. The molecule has 10 heteroatoms. The van der Waals surface area contributed by atoms with Crippen LogP contribution in [0.4, 0.5) is 10.2 Å². The van der Waals surface area contributed by atoms with Gasteiger partial charge in [-0.15, -0.1) is 0 Å². The van der Waals surface area contributed by atoms with Crippen molar-refractivity contribution in [1.82, 2.24) is 9.29 Å². The van der Waals surface area contributed by atoms with Gasteiger partial charge in [-0.05, 0) is 61.0 Å². The van der Waals surface area contributed by atoms with Crippen LogP contribution in [0.3, 0.4) is 0 Å². The normalized spacial score (nSPS) is 17.9. The molecule has 1 atom stereocenters. The number of Topliss-reactive ketones (excluding diaryl/α,β-unsaturated/α-hetero) is 1. The smallest absolute Gasteiger partial charge is 0.301 e. The number of hydrogen-bond donors (Lipinski definition) is 1. The van der Waals surface area contributed by atoms with Crippen molar-refractivity contribution in [3.8, 4) is 0 Å². The zero-order valence-electron chi connectivity index (χ0n) is 19.1.